The molecule has 0 bridgehead atoms. The van der Waals surface area contributed by atoms with Crippen LogP contribution in [0, 0.1) is 0 Å². The summed E-state index contributed by atoms with van der Waals surface area (Å²) in [5.74, 6) is 0.627. The molecule has 1 N–H and O–H groups in total. The van der Waals surface area contributed by atoms with Crippen molar-refractivity contribution in [2.75, 3.05) is 19.4 Å². The van der Waals surface area contributed by atoms with Gasteiger partial charge in [-0.3, -0.25) is 4.90 Å². The van der Waals surface area contributed by atoms with Crippen LogP contribution in [0.5, 0.6) is 0 Å². The standard InChI is InChI=1S/C25H34N2O3S/c1-31(28,29)26-24-16-17-27(18-20-8-4-2-5-9-20)25(24)19-30-23-14-12-22(13-15-23)21-10-6-3-7-11-21/h2-11,22-26H,12-19H2,1H3/t22-,23+,24-,25-/m0/s1. The summed E-state index contributed by atoms with van der Waals surface area (Å²) < 4.78 is 33.0. The van der Waals surface area contributed by atoms with E-state index in [1.54, 1.807) is 0 Å². The normalized spacial score (nSPS) is 27.4. The number of hydrogen-bond acceptors (Lipinski definition) is 4. The molecule has 2 aromatic rings. The van der Waals surface area contributed by atoms with E-state index in [4.69, 9.17) is 4.74 Å². The van der Waals surface area contributed by atoms with Gasteiger partial charge >= 0.3 is 0 Å². The molecule has 6 heteroatoms. The molecular formula is C25H34N2O3S. The van der Waals surface area contributed by atoms with E-state index in [9.17, 15) is 8.42 Å². The summed E-state index contributed by atoms with van der Waals surface area (Å²) in [4.78, 5) is 2.37. The largest absolute Gasteiger partial charge is 0.377 e. The van der Waals surface area contributed by atoms with Crippen LogP contribution in [0.2, 0.25) is 0 Å². The average molecular weight is 443 g/mol. The predicted octanol–water partition coefficient (Wildman–Crippen LogP) is 3.92. The summed E-state index contributed by atoms with van der Waals surface area (Å²) >= 11 is 0. The molecule has 0 spiro atoms. The lowest BCUT2D eigenvalue weighted by Crippen LogP contribution is -2.47. The molecule has 2 atom stereocenters. The molecule has 0 amide bonds. The second kappa shape index (κ2) is 10.3. The van der Waals surface area contributed by atoms with Crippen LogP contribution in [0.25, 0.3) is 0 Å². The van der Waals surface area contributed by atoms with E-state index in [0.717, 1.165) is 45.2 Å². The molecule has 0 radical (unpaired) electrons. The minimum absolute atomic E-state index is 0.0572. The number of sulfonamides is 1. The lowest BCUT2D eigenvalue weighted by Gasteiger charge is -2.33. The van der Waals surface area contributed by atoms with Crippen molar-refractivity contribution < 1.29 is 13.2 Å². The monoisotopic (exact) mass is 442 g/mol. The van der Waals surface area contributed by atoms with Crippen LogP contribution in [-0.4, -0.2) is 50.9 Å². The summed E-state index contributed by atoms with van der Waals surface area (Å²) in [6, 6.07) is 21.1. The topological polar surface area (TPSA) is 58.6 Å². The molecule has 5 nitrogen and oxygen atoms in total. The van der Waals surface area contributed by atoms with E-state index >= 15 is 0 Å². The van der Waals surface area contributed by atoms with Crippen LogP contribution in [0.1, 0.15) is 49.1 Å². The van der Waals surface area contributed by atoms with Gasteiger partial charge in [0.05, 0.1) is 19.0 Å². The molecule has 1 heterocycles. The van der Waals surface area contributed by atoms with Gasteiger partial charge in [0, 0.05) is 25.2 Å². The highest BCUT2D eigenvalue weighted by Gasteiger charge is 2.36. The summed E-state index contributed by atoms with van der Waals surface area (Å²) in [6.45, 7) is 2.26. The summed E-state index contributed by atoms with van der Waals surface area (Å²) in [5.41, 5.74) is 2.68. The lowest BCUT2D eigenvalue weighted by atomic mass is 9.83. The second-order valence-electron chi connectivity index (χ2n) is 9.03. The average Bonchev–Trinajstić information content (AvgIpc) is 3.13. The quantitative estimate of drug-likeness (QED) is 0.673. The third kappa shape index (κ3) is 6.39. The molecule has 2 fully saturated rings. The van der Waals surface area contributed by atoms with Crippen molar-refractivity contribution in [1.29, 1.82) is 0 Å². The van der Waals surface area contributed by atoms with Gasteiger partial charge in [0.2, 0.25) is 10.0 Å². The zero-order valence-electron chi connectivity index (χ0n) is 18.3. The molecule has 1 aliphatic heterocycles. The van der Waals surface area contributed by atoms with E-state index in [2.05, 4.69) is 52.1 Å². The maximum absolute atomic E-state index is 11.9. The first-order chi connectivity index (χ1) is 15.0. The molecule has 0 aromatic heterocycles. The molecule has 4 rings (SSSR count). The van der Waals surface area contributed by atoms with E-state index in [1.807, 2.05) is 18.2 Å². The van der Waals surface area contributed by atoms with Crippen molar-refractivity contribution in [3.63, 3.8) is 0 Å². The van der Waals surface area contributed by atoms with Crippen LogP contribution in [0.15, 0.2) is 60.7 Å². The Morgan fingerprint density at radius 3 is 2.23 bits per heavy atom. The number of nitrogens with one attached hydrogen (secondary N) is 1. The van der Waals surface area contributed by atoms with Crippen LogP contribution < -0.4 is 4.72 Å². The van der Waals surface area contributed by atoms with Crippen molar-refractivity contribution in [3.05, 3.63) is 71.8 Å². The van der Waals surface area contributed by atoms with E-state index in [1.165, 1.54) is 17.4 Å². The van der Waals surface area contributed by atoms with Gasteiger partial charge in [0.15, 0.2) is 0 Å². The van der Waals surface area contributed by atoms with Crippen molar-refractivity contribution in [2.24, 2.45) is 0 Å². The van der Waals surface area contributed by atoms with Gasteiger partial charge in [0.1, 0.15) is 0 Å². The maximum atomic E-state index is 11.9. The molecule has 1 saturated heterocycles. The van der Waals surface area contributed by atoms with Gasteiger partial charge in [-0.15, -0.1) is 0 Å². The van der Waals surface area contributed by atoms with E-state index in [0.29, 0.717) is 12.5 Å². The third-order valence-electron chi connectivity index (χ3n) is 6.70. The SMILES string of the molecule is CS(=O)(=O)N[C@H]1CCN(Cc2ccccc2)[C@H]1CO[C@H]1CC[C@@H](c2ccccc2)CC1. The Hall–Kier alpha value is -1.73. The van der Waals surface area contributed by atoms with E-state index in [-0.39, 0.29) is 18.2 Å². The number of rotatable bonds is 8. The Labute approximate surface area is 186 Å². The van der Waals surface area contributed by atoms with Crippen LogP contribution in [-0.2, 0) is 21.3 Å². The Morgan fingerprint density at radius 1 is 0.935 bits per heavy atom. The van der Waals surface area contributed by atoms with Crippen molar-refractivity contribution in [2.45, 2.75) is 62.8 Å². The predicted molar refractivity (Wildman–Crippen MR) is 124 cm³/mol. The number of ether oxygens (including phenoxy) is 1. The van der Waals surface area contributed by atoms with Crippen LogP contribution in [0.3, 0.4) is 0 Å². The van der Waals surface area contributed by atoms with Crippen molar-refractivity contribution in [3.8, 4) is 0 Å². The Kier molecular flexibility index (Phi) is 7.43. The molecule has 168 valence electrons. The second-order valence-corrected chi connectivity index (χ2v) is 10.8. The minimum Gasteiger partial charge on any atom is -0.377 e. The third-order valence-corrected chi connectivity index (χ3v) is 7.43. The highest BCUT2D eigenvalue weighted by atomic mass is 32.2. The molecule has 1 aliphatic carbocycles. The summed E-state index contributed by atoms with van der Waals surface area (Å²) in [5, 5.41) is 0. The first-order valence-electron chi connectivity index (χ1n) is 11.4. The highest BCUT2D eigenvalue weighted by molar-refractivity contribution is 7.88. The zero-order chi connectivity index (χ0) is 21.7. The van der Waals surface area contributed by atoms with Gasteiger partial charge in [-0.1, -0.05) is 60.7 Å². The highest BCUT2D eigenvalue weighted by Crippen LogP contribution is 2.34. The molecule has 1 saturated carbocycles. The van der Waals surface area contributed by atoms with Crippen molar-refractivity contribution >= 4 is 10.0 Å². The molecule has 31 heavy (non-hydrogen) atoms. The fourth-order valence-electron chi connectivity index (χ4n) is 5.09. The minimum atomic E-state index is -3.25. The first-order valence-corrected chi connectivity index (χ1v) is 13.3. The Bertz CT molecular complexity index is 912. The lowest BCUT2D eigenvalue weighted by molar-refractivity contribution is -0.00739. The number of benzene rings is 2. The fourth-order valence-corrected chi connectivity index (χ4v) is 5.91. The molecule has 0 unspecified atom stereocenters. The Balaban J connectivity index is 1.35. The Morgan fingerprint density at radius 2 is 1.58 bits per heavy atom. The van der Waals surface area contributed by atoms with Crippen LogP contribution >= 0.6 is 0 Å². The van der Waals surface area contributed by atoms with Gasteiger partial charge < -0.3 is 4.74 Å². The number of likely N-dealkylation sites (tertiary alicyclic amines) is 1. The summed E-state index contributed by atoms with van der Waals surface area (Å²) in [7, 11) is -3.25. The first kappa shape index (κ1) is 22.5. The zero-order valence-corrected chi connectivity index (χ0v) is 19.1. The van der Waals surface area contributed by atoms with Crippen molar-refractivity contribution in [1.82, 2.24) is 9.62 Å². The van der Waals surface area contributed by atoms with Gasteiger partial charge in [-0.2, -0.15) is 0 Å². The molecule has 2 aromatic carbocycles. The number of hydrogen-bond donors (Lipinski definition) is 1. The van der Waals surface area contributed by atoms with Gasteiger partial charge in [0.25, 0.3) is 0 Å². The van der Waals surface area contributed by atoms with Gasteiger partial charge in [-0.05, 0) is 49.1 Å². The number of nitrogens with zero attached hydrogens (tertiary/aromatic N) is 1. The van der Waals surface area contributed by atoms with Gasteiger partial charge in [-0.25, -0.2) is 13.1 Å². The summed E-state index contributed by atoms with van der Waals surface area (Å²) in [6.07, 6.45) is 6.75. The van der Waals surface area contributed by atoms with Crippen LogP contribution in [0.4, 0.5) is 0 Å². The molecular weight excluding hydrogens is 408 g/mol. The maximum Gasteiger partial charge on any atom is 0.209 e. The smallest absolute Gasteiger partial charge is 0.209 e. The van der Waals surface area contributed by atoms with E-state index < -0.39 is 10.0 Å². The fraction of sp³-hybridized carbons (Fsp3) is 0.520. The molecule has 2 aliphatic rings.